The van der Waals surface area contributed by atoms with Crippen LogP contribution in [0.15, 0.2) is 50.8 Å². The number of hydrogen-bond donors (Lipinski definition) is 0. The van der Waals surface area contributed by atoms with Gasteiger partial charge in [-0.05, 0) is 49.6 Å². The monoisotopic (exact) mass is 482 g/mol. The lowest BCUT2D eigenvalue weighted by Crippen LogP contribution is -2.31. The maximum Gasteiger partial charge on any atom is 0.267 e. The van der Waals surface area contributed by atoms with Crippen LogP contribution in [0.3, 0.4) is 0 Å². The molecule has 0 N–H and O–H groups in total. The Bertz CT molecular complexity index is 1270. The minimum absolute atomic E-state index is 0.202. The van der Waals surface area contributed by atoms with Crippen molar-refractivity contribution in [2.45, 2.75) is 40.2 Å². The van der Waals surface area contributed by atoms with Crippen molar-refractivity contribution < 1.29 is 9.21 Å². The van der Waals surface area contributed by atoms with E-state index in [0.717, 1.165) is 31.5 Å². The number of pyridine rings is 1. The van der Waals surface area contributed by atoms with Gasteiger partial charge in [0, 0.05) is 19.3 Å². The van der Waals surface area contributed by atoms with Crippen molar-refractivity contribution in [3.05, 3.63) is 68.9 Å². The summed E-state index contributed by atoms with van der Waals surface area (Å²) in [5.74, 6) is 1.01. The average Bonchev–Trinajstić information content (AvgIpc) is 3.40. The van der Waals surface area contributed by atoms with Crippen LogP contribution in [0.5, 0.6) is 0 Å². The van der Waals surface area contributed by atoms with E-state index in [9.17, 15) is 9.59 Å². The van der Waals surface area contributed by atoms with Crippen LogP contribution in [-0.4, -0.2) is 37.6 Å². The van der Waals surface area contributed by atoms with E-state index < -0.39 is 0 Å². The Morgan fingerprint density at radius 2 is 1.94 bits per heavy atom. The Morgan fingerprint density at radius 1 is 1.18 bits per heavy atom. The SMILES string of the molecule is CCCN(CCC)c1nc2ccc(C)cn2c(=O)c1C=C1SC(=S)N(Cc2ccco2)C1=O. The fraction of sp³-hybridized carbons (Fsp3) is 0.333. The first-order valence-corrected chi connectivity index (χ1v) is 12.2. The summed E-state index contributed by atoms with van der Waals surface area (Å²) in [5, 5.41) is 0. The number of rotatable bonds is 8. The van der Waals surface area contributed by atoms with Crippen LogP contribution >= 0.6 is 24.0 Å². The molecule has 33 heavy (non-hydrogen) atoms. The predicted molar refractivity (Wildman–Crippen MR) is 136 cm³/mol. The van der Waals surface area contributed by atoms with E-state index in [-0.39, 0.29) is 18.0 Å². The molecule has 3 aromatic heterocycles. The van der Waals surface area contributed by atoms with Gasteiger partial charge in [-0.3, -0.25) is 18.9 Å². The second-order valence-corrected chi connectivity index (χ2v) is 9.60. The molecule has 172 valence electrons. The molecule has 0 spiro atoms. The molecule has 4 heterocycles. The lowest BCUT2D eigenvalue weighted by Gasteiger charge is -2.24. The number of amides is 1. The predicted octanol–water partition coefficient (Wildman–Crippen LogP) is 4.62. The number of hydrogen-bond acceptors (Lipinski definition) is 7. The van der Waals surface area contributed by atoms with Crippen molar-refractivity contribution in [1.82, 2.24) is 14.3 Å². The van der Waals surface area contributed by atoms with Crippen LogP contribution in [0.2, 0.25) is 0 Å². The number of nitrogens with zero attached hydrogens (tertiary/aromatic N) is 4. The molecule has 0 radical (unpaired) electrons. The average molecular weight is 483 g/mol. The van der Waals surface area contributed by atoms with Gasteiger partial charge in [0.15, 0.2) is 0 Å². The minimum atomic E-state index is -0.237. The minimum Gasteiger partial charge on any atom is -0.467 e. The van der Waals surface area contributed by atoms with E-state index in [0.29, 0.717) is 32.0 Å². The highest BCUT2D eigenvalue weighted by Gasteiger charge is 2.33. The molecule has 9 heteroatoms. The summed E-state index contributed by atoms with van der Waals surface area (Å²) in [6.45, 7) is 7.91. The van der Waals surface area contributed by atoms with Gasteiger partial charge in [-0.1, -0.05) is 43.9 Å². The number of furan rings is 1. The van der Waals surface area contributed by atoms with E-state index >= 15 is 0 Å². The Labute approximate surface area is 202 Å². The summed E-state index contributed by atoms with van der Waals surface area (Å²) >= 11 is 6.65. The van der Waals surface area contributed by atoms with Crippen LogP contribution in [0, 0.1) is 6.92 Å². The van der Waals surface area contributed by atoms with Crippen LogP contribution in [0.25, 0.3) is 11.7 Å². The van der Waals surface area contributed by atoms with Gasteiger partial charge >= 0.3 is 0 Å². The number of carbonyl (C=O) groups excluding carboxylic acids is 1. The molecule has 7 nitrogen and oxygen atoms in total. The smallest absolute Gasteiger partial charge is 0.267 e. The van der Waals surface area contributed by atoms with Crippen molar-refractivity contribution in [3.63, 3.8) is 0 Å². The summed E-state index contributed by atoms with van der Waals surface area (Å²) in [5.41, 5.74) is 1.74. The van der Waals surface area contributed by atoms with E-state index in [1.54, 1.807) is 35.1 Å². The van der Waals surface area contributed by atoms with Gasteiger partial charge in [0.25, 0.3) is 11.5 Å². The first-order chi connectivity index (χ1) is 15.9. The molecule has 4 rings (SSSR count). The zero-order valence-electron chi connectivity index (χ0n) is 18.9. The second-order valence-electron chi connectivity index (χ2n) is 7.92. The third-order valence-electron chi connectivity index (χ3n) is 5.32. The van der Waals surface area contributed by atoms with Crippen LogP contribution in [0.1, 0.15) is 43.6 Å². The highest BCUT2D eigenvalue weighted by molar-refractivity contribution is 8.26. The third-order valence-corrected chi connectivity index (χ3v) is 6.69. The fourth-order valence-corrected chi connectivity index (χ4v) is 5.04. The van der Waals surface area contributed by atoms with Gasteiger partial charge in [0.05, 0.1) is 23.3 Å². The molecule has 1 aliphatic rings. The summed E-state index contributed by atoms with van der Waals surface area (Å²) in [6, 6.07) is 7.36. The van der Waals surface area contributed by atoms with Gasteiger partial charge in [-0.15, -0.1) is 0 Å². The van der Waals surface area contributed by atoms with Crippen molar-refractivity contribution in [3.8, 4) is 0 Å². The number of anilines is 1. The molecule has 1 saturated heterocycles. The van der Waals surface area contributed by atoms with E-state index in [1.165, 1.54) is 16.7 Å². The van der Waals surface area contributed by atoms with Crippen LogP contribution < -0.4 is 10.5 Å². The summed E-state index contributed by atoms with van der Waals surface area (Å²) in [4.78, 5) is 35.6. The number of thiocarbonyl (C=S) groups is 1. The molecule has 1 amide bonds. The summed E-state index contributed by atoms with van der Waals surface area (Å²) in [6.07, 6.45) is 6.82. The van der Waals surface area contributed by atoms with Crippen molar-refractivity contribution in [2.75, 3.05) is 18.0 Å². The largest absolute Gasteiger partial charge is 0.467 e. The molecule has 1 fully saturated rings. The molecule has 0 aliphatic carbocycles. The van der Waals surface area contributed by atoms with E-state index in [2.05, 4.69) is 18.7 Å². The summed E-state index contributed by atoms with van der Waals surface area (Å²) in [7, 11) is 0. The normalized spacial score (nSPS) is 15.2. The standard InChI is InChI=1S/C24H26N4O3S2/c1-4-10-26(11-5-2)21-18(22(29)27-14-16(3)8-9-20(27)25-21)13-19-23(30)28(24(32)33-19)15-17-7-6-12-31-17/h6-9,12-14H,4-5,10-11,15H2,1-3H3. The molecule has 0 unspecified atom stereocenters. The first-order valence-electron chi connectivity index (χ1n) is 11.0. The number of carbonyl (C=O) groups is 1. The molecule has 0 bridgehead atoms. The Hall–Kier alpha value is -2.91. The molecule has 0 atom stereocenters. The second kappa shape index (κ2) is 9.93. The van der Waals surface area contributed by atoms with E-state index in [4.69, 9.17) is 21.6 Å². The topological polar surface area (TPSA) is 71.1 Å². The molecule has 1 aliphatic heterocycles. The lowest BCUT2D eigenvalue weighted by atomic mass is 10.2. The third kappa shape index (κ3) is 4.74. The number of aryl methyl sites for hydroxylation is 1. The van der Waals surface area contributed by atoms with Crippen molar-refractivity contribution >= 4 is 51.7 Å². The molecular formula is C24H26N4O3S2. The first kappa shape index (κ1) is 23.3. The van der Waals surface area contributed by atoms with Gasteiger partial charge in [-0.2, -0.15) is 0 Å². The molecular weight excluding hydrogens is 456 g/mol. The van der Waals surface area contributed by atoms with Gasteiger partial charge in [0.2, 0.25) is 0 Å². The Balaban J connectivity index is 1.83. The molecule has 0 aromatic carbocycles. The molecule has 0 saturated carbocycles. The van der Waals surface area contributed by atoms with Gasteiger partial charge in [-0.25, -0.2) is 4.98 Å². The summed E-state index contributed by atoms with van der Waals surface area (Å²) < 4.78 is 7.36. The quantitative estimate of drug-likeness (QED) is 0.343. The highest BCUT2D eigenvalue weighted by atomic mass is 32.2. The van der Waals surface area contributed by atoms with Gasteiger partial charge in [0.1, 0.15) is 21.5 Å². The maximum absolute atomic E-state index is 13.6. The van der Waals surface area contributed by atoms with Crippen molar-refractivity contribution in [2.24, 2.45) is 0 Å². The highest BCUT2D eigenvalue weighted by Crippen LogP contribution is 2.34. The van der Waals surface area contributed by atoms with E-state index in [1.807, 2.05) is 19.1 Å². The number of thioether (sulfide) groups is 1. The maximum atomic E-state index is 13.6. The van der Waals surface area contributed by atoms with Crippen LogP contribution in [-0.2, 0) is 11.3 Å². The Kier molecular flexibility index (Phi) is 6.99. The van der Waals surface area contributed by atoms with Crippen LogP contribution in [0.4, 0.5) is 5.82 Å². The molecule has 3 aromatic rings. The lowest BCUT2D eigenvalue weighted by molar-refractivity contribution is -0.122. The Morgan fingerprint density at radius 3 is 2.61 bits per heavy atom. The zero-order chi connectivity index (χ0) is 23.5. The number of aromatic nitrogens is 2. The van der Waals surface area contributed by atoms with Crippen molar-refractivity contribution in [1.29, 1.82) is 0 Å². The zero-order valence-corrected chi connectivity index (χ0v) is 20.5. The number of fused-ring (bicyclic) bond motifs is 1. The fourth-order valence-electron chi connectivity index (χ4n) is 3.80. The van der Waals surface area contributed by atoms with Gasteiger partial charge < -0.3 is 9.32 Å².